The van der Waals surface area contributed by atoms with Crippen LogP contribution in [0.1, 0.15) is 24.1 Å². The predicted molar refractivity (Wildman–Crippen MR) is 96.9 cm³/mol. The van der Waals surface area contributed by atoms with E-state index in [9.17, 15) is 0 Å². The Morgan fingerprint density at radius 3 is 2.17 bits per heavy atom. The molecule has 4 heteroatoms. The number of hydrogen-bond acceptors (Lipinski definition) is 4. The number of para-hydroxylation sites is 2. The normalized spacial score (nSPS) is 16.6. The van der Waals surface area contributed by atoms with Crippen LogP contribution in [0.3, 0.4) is 0 Å². The third-order valence-electron chi connectivity index (χ3n) is 4.46. The highest BCUT2D eigenvalue weighted by molar-refractivity contribution is 5.46. The third-order valence-corrected chi connectivity index (χ3v) is 4.46. The molecule has 0 radical (unpaired) electrons. The molecule has 1 fully saturated rings. The van der Waals surface area contributed by atoms with Crippen molar-refractivity contribution in [2.24, 2.45) is 0 Å². The van der Waals surface area contributed by atoms with E-state index in [2.05, 4.69) is 40.5 Å². The lowest BCUT2D eigenvalue weighted by Crippen LogP contribution is -2.45. The maximum Gasteiger partial charge on any atom is 0.124 e. The molecule has 2 aromatic carbocycles. The first-order valence-corrected chi connectivity index (χ1v) is 8.64. The molecular formula is C20H26N2O2. The van der Waals surface area contributed by atoms with Crippen LogP contribution in [0.4, 0.5) is 0 Å². The first kappa shape index (κ1) is 16.8. The van der Waals surface area contributed by atoms with Gasteiger partial charge in [0.2, 0.25) is 0 Å². The lowest BCUT2D eigenvalue weighted by Gasteiger charge is -2.36. The van der Waals surface area contributed by atoms with Crippen LogP contribution in [0.5, 0.6) is 11.5 Å². The van der Waals surface area contributed by atoms with Crippen LogP contribution in [-0.2, 0) is 0 Å². The van der Waals surface area contributed by atoms with Gasteiger partial charge in [-0.1, -0.05) is 36.4 Å². The minimum atomic E-state index is 0.131. The summed E-state index contributed by atoms with van der Waals surface area (Å²) < 4.78 is 11.6. The Kier molecular flexibility index (Phi) is 5.72. The molecule has 1 N–H and O–H groups in total. The van der Waals surface area contributed by atoms with Crippen LogP contribution in [0.15, 0.2) is 48.5 Å². The van der Waals surface area contributed by atoms with Crippen LogP contribution in [-0.4, -0.2) is 44.8 Å². The lowest BCUT2D eigenvalue weighted by atomic mass is 9.94. The minimum Gasteiger partial charge on any atom is -0.496 e. The number of ether oxygens (including phenoxy) is 2. The monoisotopic (exact) mass is 326 g/mol. The van der Waals surface area contributed by atoms with Crippen LogP contribution in [0.25, 0.3) is 0 Å². The van der Waals surface area contributed by atoms with Gasteiger partial charge in [0.05, 0.1) is 19.8 Å². The second kappa shape index (κ2) is 8.18. The summed E-state index contributed by atoms with van der Waals surface area (Å²) in [7, 11) is 1.74. The Bertz CT molecular complexity index is 654. The maximum atomic E-state index is 5.92. The number of piperazine rings is 1. The molecule has 24 heavy (non-hydrogen) atoms. The van der Waals surface area contributed by atoms with E-state index in [1.165, 1.54) is 11.1 Å². The van der Waals surface area contributed by atoms with Crippen molar-refractivity contribution in [2.45, 2.75) is 13.0 Å². The van der Waals surface area contributed by atoms with E-state index >= 15 is 0 Å². The summed E-state index contributed by atoms with van der Waals surface area (Å²) in [4.78, 5) is 2.51. The molecule has 0 aliphatic carbocycles. The molecule has 0 bridgehead atoms. The van der Waals surface area contributed by atoms with Crippen LogP contribution < -0.4 is 14.8 Å². The van der Waals surface area contributed by atoms with E-state index in [0.717, 1.165) is 37.7 Å². The summed E-state index contributed by atoms with van der Waals surface area (Å²) in [5.41, 5.74) is 2.39. The fraction of sp³-hybridized carbons (Fsp3) is 0.400. The predicted octanol–water partition coefficient (Wildman–Crippen LogP) is 3.09. The number of nitrogens with one attached hydrogen (secondary N) is 1. The summed E-state index contributed by atoms with van der Waals surface area (Å²) in [6, 6.07) is 16.8. The second-order valence-corrected chi connectivity index (χ2v) is 5.90. The SMILES string of the molecule is CCOc1ccccc1C(c1ccccc1OC)N1CCNCC1. The van der Waals surface area contributed by atoms with Crippen molar-refractivity contribution in [3.05, 3.63) is 59.7 Å². The van der Waals surface area contributed by atoms with E-state index in [4.69, 9.17) is 9.47 Å². The van der Waals surface area contributed by atoms with Crippen molar-refractivity contribution >= 4 is 0 Å². The van der Waals surface area contributed by atoms with Crippen molar-refractivity contribution in [1.29, 1.82) is 0 Å². The molecule has 128 valence electrons. The Labute approximate surface area is 144 Å². The quantitative estimate of drug-likeness (QED) is 0.884. The fourth-order valence-corrected chi connectivity index (χ4v) is 3.39. The fourth-order valence-electron chi connectivity index (χ4n) is 3.39. The first-order chi connectivity index (χ1) is 11.8. The van der Waals surface area contributed by atoms with Gasteiger partial charge in [0.25, 0.3) is 0 Å². The zero-order valence-corrected chi connectivity index (χ0v) is 14.5. The molecule has 0 amide bonds. The zero-order chi connectivity index (χ0) is 16.8. The molecular weight excluding hydrogens is 300 g/mol. The number of benzene rings is 2. The van der Waals surface area contributed by atoms with Gasteiger partial charge in [-0.25, -0.2) is 0 Å². The minimum absolute atomic E-state index is 0.131. The Balaban J connectivity index is 2.08. The molecule has 1 unspecified atom stereocenters. The first-order valence-electron chi connectivity index (χ1n) is 8.64. The average Bonchev–Trinajstić information content (AvgIpc) is 2.65. The number of nitrogens with zero attached hydrogens (tertiary/aromatic N) is 1. The van der Waals surface area contributed by atoms with Crippen molar-refractivity contribution in [1.82, 2.24) is 10.2 Å². The van der Waals surface area contributed by atoms with E-state index in [0.29, 0.717) is 6.61 Å². The van der Waals surface area contributed by atoms with Gasteiger partial charge in [0.1, 0.15) is 11.5 Å². The van der Waals surface area contributed by atoms with Crippen LogP contribution in [0, 0.1) is 0 Å². The zero-order valence-electron chi connectivity index (χ0n) is 14.5. The molecule has 0 saturated carbocycles. The van der Waals surface area contributed by atoms with E-state index < -0.39 is 0 Å². The Morgan fingerprint density at radius 1 is 0.958 bits per heavy atom. The van der Waals surface area contributed by atoms with Gasteiger partial charge in [0, 0.05) is 37.3 Å². The van der Waals surface area contributed by atoms with Gasteiger partial charge >= 0.3 is 0 Å². The molecule has 4 nitrogen and oxygen atoms in total. The van der Waals surface area contributed by atoms with Gasteiger partial charge in [-0.15, -0.1) is 0 Å². The van der Waals surface area contributed by atoms with Crippen molar-refractivity contribution in [2.75, 3.05) is 39.9 Å². The van der Waals surface area contributed by atoms with Gasteiger partial charge in [-0.3, -0.25) is 4.90 Å². The number of rotatable bonds is 6. The molecule has 1 atom stereocenters. The maximum absolute atomic E-state index is 5.92. The molecule has 1 aliphatic heterocycles. The largest absolute Gasteiger partial charge is 0.496 e. The summed E-state index contributed by atoms with van der Waals surface area (Å²) in [5, 5.41) is 3.44. The number of hydrogen-bond donors (Lipinski definition) is 1. The molecule has 2 aromatic rings. The molecule has 1 aliphatic rings. The van der Waals surface area contributed by atoms with E-state index in [-0.39, 0.29) is 6.04 Å². The summed E-state index contributed by atoms with van der Waals surface area (Å²) in [5.74, 6) is 1.88. The van der Waals surface area contributed by atoms with Crippen molar-refractivity contribution in [3.63, 3.8) is 0 Å². The summed E-state index contributed by atoms with van der Waals surface area (Å²) in [6.45, 7) is 6.70. The highest BCUT2D eigenvalue weighted by atomic mass is 16.5. The molecule has 1 saturated heterocycles. The van der Waals surface area contributed by atoms with E-state index in [1.54, 1.807) is 7.11 Å². The smallest absolute Gasteiger partial charge is 0.124 e. The Morgan fingerprint density at radius 2 is 1.54 bits per heavy atom. The third kappa shape index (κ3) is 3.55. The van der Waals surface area contributed by atoms with Crippen LogP contribution in [0.2, 0.25) is 0 Å². The standard InChI is InChI=1S/C20H26N2O2/c1-3-24-19-11-7-5-9-17(19)20(22-14-12-21-13-15-22)16-8-4-6-10-18(16)23-2/h4-11,20-21H,3,12-15H2,1-2H3. The highest BCUT2D eigenvalue weighted by Crippen LogP contribution is 2.38. The summed E-state index contributed by atoms with van der Waals surface area (Å²) in [6.07, 6.45) is 0. The van der Waals surface area contributed by atoms with Crippen molar-refractivity contribution in [3.8, 4) is 11.5 Å². The van der Waals surface area contributed by atoms with Gasteiger partial charge in [0.15, 0.2) is 0 Å². The average molecular weight is 326 g/mol. The molecule has 3 rings (SSSR count). The molecule has 1 heterocycles. The van der Waals surface area contributed by atoms with Crippen molar-refractivity contribution < 1.29 is 9.47 Å². The second-order valence-electron chi connectivity index (χ2n) is 5.90. The molecule has 0 aromatic heterocycles. The lowest BCUT2D eigenvalue weighted by molar-refractivity contribution is 0.191. The van der Waals surface area contributed by atoms with Gasteiger partial charge < -0.3 is 14.8 Å². The topological polar surface area (TPSA) is 33.7 Å². The number of methoxy groups -OCH3 is 1. The van der Waals surface area contributed by atoms with Crippen LogP contribution >= 0.6 is 0 Å². The van der Waals surface area contributed by atoms with E-state index in [1.807, 2.05) is 25.1 Å². The summed E-state index contributed by atoms with van der Waals surface area (Å²) >= 11 is 0. The Hall–Kier alpha value is -2.04. The highest BCUT2D eigenvalue weighted by Gasteiger charge is 2.28. The molecule has 0 spiro atoms. The van der Waals surface area contributed by atoms with Gasteiger partial charge in [-0.05, 0) is 19.1 Å². The van der Waals surface area contributed by atoms with Gasteiger partial charge in [-0.2, -0.15) is 0 Å².